The smallest absolute Gasteiger partial charge is 0.149 e. The summed E-state index contributed by atoms with van der Waals surface area (Å²) < 4.78 is 0. The number of hydrogen-bond acceptors (Lipinski definition) is 2. The largest absolute Gasteiger partial charge is 0.299 e. The van der Waals surface area contributed by atoms with Crippen molar-refractivity contribution in [3.05, 3.63) is 0 Å². The lowest BCUT2D eigenvalue weighted by atomic mass is 10.2. The lowest BCUT2D eigenvalue weighted by molar-refractivity contribution is -0.121. The van der Waals surface area contributed by atoms with Gasteiger partial charge in [-0.15, -0.1) is 0 Å². The van der Waals surface area contributed by atoms with E-state index in [0.29, 0.717) is 18.2 Å². The predicted molar refractivity (Wildman–Crippen MR) is 40.9 cm³/mol. The summed E-state index contributed by atoms with van der Waals surface area (Å²) in [6.07, 6.45) is 2.27. The van der Waals surface area contributed by atoms with E-state index in [2.05, 4.69) is 11.8 Å². The first-order valence-corrected chi connectivity index (χ1v) is 3.95. The lowest BCUT2D eigenvalue weighted by Gasteiger charge is -2.11. The van der Waals surface area contributed by atoms with E-state index in [4.69, 9.17) is 0 Å². The Balaban J connectivity index is 2.16. The van der Waals surface area contributed by atoms with Gasteiger partial charge in [0.1, 0.15) is 5.78 Å². The Morgan fingerprint density at radius 2 is 2.20 bits per heavy atom. The van der Waals surface area contributed by atoms with Crippen molar-refractivity contribution in [3.8, 4) is 0 Å². The van der Waals surface area contributed by atoms with Crippen LogP contribution in [-0.2, 0) is 4.79 Å². The maximum Gasteiger partial charge on any atom is 0.149 e. The SMILES string of the molecule is CCN(C)CC(=O)C1CC1. The molecule has 0 aromatic rings. The molecule has 1 fully saturated rings. The van der Waals surface area contributed by atoms with Crippen LogP contribution in [-0.4, -0.2) is 30.8 Å². The van der Waals surface area contributed by atoms with Gasteiger partial charge >= 0.3 is 0 Å². The molecule has 0 aromatic heterocycles. The fraction of sp³-hybridized carbons (Fsp3) is 0.875. The third kappa shape index (κ3) is 2.10. The second kappa shape index (κ2) is 3.15. The van der Waals surface area contributed by atoms with Gasteiger partial charge in [0.2, 0.25) is 0 Å². The van der Waals surface area contributed by atoms with Crippen LogP contribution in [0.4, 0.5) is 0 Å². The molecule has 1 rings (SSSR count). The average Bonchev–Trinajstić information content (AvgIpc) is 2.68. The van der Waals surface area contributed by atoms with Gasteiger partial charge in [-0.25, -0.2) is 0 Å². The van der Waals surface area contributed by atoms with Crippen LogP contribution < -0.4 is 0 Å². The van der Waals surface area contributed by atoms with Crippen molar-refractivity contribution in [3.63, 3.8) is 0 Å². The predicted octanol–water partition coefficient (Wildman–Crippen LogP) is 0.917. The molecular weight excluding hydrogens is 126 g/mol. The van der Waals surface area contributed by atoms with Crippen LogP contribution in [0, 0.1) is 5.92 Å². The highest BCUT2D eigenvalue weighted by Gasteiger charge is 2.29. The highest BCUT2D eigenvalue weighted by Crippen LogP contribution is 2.29. The van der Waals surface area contributed by atoms with Crippen molar-refractivity contribution >= 4 is 5.78 Å². The number of ketones is 1. The van der Waals surface area contributed by atoms with E-state index in [1.54, 1.807) is 0 Å². The molecule has 0 unspecified atom stereocenters. The van der Waals surface area contributed by atoms with Crippen LogP contribution in [0.25, 0.3) is 0 Å². The molecule has 0 bridgehead atoms. The number of nitrogens with zero attached hydrogens (tertiary/aromatic N) is 1. The fourth-order valence-electron chi connectivity index (χ4n) is 0.912. The summed E-state index contributed by atoms with van der Waals surface area (Å²) >= 11 is 0. The first-order chi connectivity index (χ1) is 4.74. The first kappa shape index (κ1) is 7.73. The number of rotatable bonds is 4. The minimum absolute atomic E-state index is 0.425. The van der Waals surface area contributed by atoms with E-state index in [1.807, 2.05) is 7.05 Å². The third-order valence-electron chi connectivity index (χ3n) is 2.00. The molecule has 2 nitrogen and oxygen atoms in total. The molecule has 0 aromatic carbocycles. The Hall–Kier alpha value is -0.370. The zero-order valence-corrected chi connectivity index (χ0v) is 6.76. The highest BCUT2D eigenvalue weighted by atomic mass is 16.1. The molecule has 1 aliphatic rings. The number of carbonyl (C=O) groups is 1. The zero-order valence-electron chi connectivity index (χ0n) is 6.76. The Labute approximate surface area is 62.2 Å². The number of Topliss-reactive ketones (excluding diaryl/α,β-unsaturated/α-hetero) is 1. The maximum absolute atomic E-state index is 11.1. The van der Waals surface area contributed by atoms with Crippen molar-refractivity contribution in [1.29, 1.82) is 0 Å². The van der Waals surface area contributed by atoms with Gasteiger partial charge in [-0.2, -0.15) is 0 Å². The molecular formula is C8H15NO. The summed E-state index contributed by atoms with van der Waals surface area (Å²) in [7, 11) is 1.99. The fourth-order valence-corrected chi connectivity index (χ4v) is 0.912. The molecule has 0 aliphatic heterocycles. The summed E-state index contributed by atoms with van der Waals surface area (Å²) in [4.78, 5) is 13.2. The Bertz CT molecular complexity index is 129. The van der Waals surface area contributed by atoms with E-state index in [9.17, 15) is 4.79 Å². The van der Waals surface area contributed by atoms with Gasteiger partial charge in [-0.3, -0.25) is 9.69 Å². The van der Waals surface area contributed by atoms with E-state index < -0.39 is 0 Å². The summed E-state index contributed by atoms with van der Waals surface area (Å²) in [5, 5.41) is 0. The molecule has 0 N–H and O–H groups in total. The van der Waals surface area contributed by atoms with Crippen LogP contribution in [0.1, 0.15) is 19.8 Å². The van der Waals surface area contributed by atoms with Gasteiger partial charge < -0.3 is 0 Å². The lowest BCUT2D eigenvalue weighted by Crippen LogP contribution is -2.26. The van der Waals surface area contributed by atoms with Crippen LogP contribution in [0.15, 0.2) is 0 Å². The summed E-state index contributed by atoms with van der Waals surface area (Å²) in [6.45, 7) is 3.69. The van der Waals surface area contributed by atoms with Gasteiger partial charge in [0.25, 0.3) is 0 Å². The quantitative estimate of drug-likeness (QED) is 0.580. The summed E-state index contributed by atoms with van der Waals surface area (Å²) in [5.41, 5.74) is 0. The molecule has 58 valence electrons. The van der Waals surface area contributed by atoms with Crippen LogP contribution >= 0.6 is 0 Å². The molecule has 0 saturated heterocycles. The molecule has 0 radical (unpaired) electrons. The Morgan fingerprint density at radius 1 is 1.60 bits per heavy atom. The van der Waals surface area contributed by atoms with Gasteiger partial charge in [-0.1, -0.05) is 6.92 Å². The molecule has 1 aliphatic carbocycles. The molecule has 0 spiro atoms. The van der Waals surface area contributed by atoms with Crippen LogP contribution in [0.3, 0.4) is 0 Å². The van der Waals surface area contributed by atoms with Crippen LogP contribution in [0.5, 0.6) is 0 Å². The van der Waals surface area contributed by atoms with E-state index in [0.717, 1.165) is 19.4 Å². The minimum Gasteiger partial charge on any atom is -0.299 e. The van der Waals surface area contributed by atoms with Crippen molar-refractivity contribution in [2.45, 2.75) is 19.8 Å². The number of likely N-dealkylation sites (N-methyl/N-ethyl adjacent to an activating group) is 1. The van der Waals surface area contributed by atoms with Crippen molar-refractivity contribution in [2.24, 2.45) is 5.92 Å². The Kier molecular flexibility index (Phi) is 2.44. The third-order valence-corrected chi connectivity index (χ3v) is 2.00. The van der Waals surface area contributed by atoms with Gasteiger partial charge in [0, 0.05) is 5.92 Å². The summed E-state index contributed by atoms with van der Waals surface area (Å²) in [5.74, 6) is 0.860. The molecule has 0 amide bonds. The molecule has 1 saturated carbocycles. The first-order valence-electron chi connectivity index (χ1n) is 3.95. The minimum atomic E-state index is 0.425. The van der Waals surface area contributed by atoms with Crippen molar-refractivity contribution in [1.82, 2.24) is 4.90 Å². The Morgan fingerprint density at radius 3 is 2.60 bits per heavy atom. The molecule has 2 heteroatoms. The maximum atomic E-state index is 11.1. The standard InChI is InChI=1S/C8H15NO/c1-3-9(2)6-8(10)7-4-5-7/h7H,3-6H2,1-2H3. The molecule has 0 atom stereocenters. The average molecular weight is 141 g/mol. The molecule has 10 heavy (non-hydrogen) atoms. The second-order valence-corrected chi connectivity index (χ2v) is 3.07. The van der Waals surface area contributed by atoms with Gasteiger partial charge in [-0.05, 0) is 26.4 Å². The normalized spacial score (nSPS) is 17.9. The summed E-state index contributed by atoms with van der Waals surface area (Å²) in [6, 6.07) is 0. The van der Waals surface area contributed by atoms with Gasteiger partial charge in [0.05, 0.1) is 6.54 Å². The van der Waals surface area contributed by atoms with Crippen molar-refractivity contribution in [2.75, 3.05) is 20.1 Å². The zero-order chi connectivity index (χ0) is 7.56. The van der Waals surface area contributed by atoms with E-state index in [-0.39, 0.29) is 0 Å². The number of hydrogen-bond donors (Lipinski definition) is 0. The van der Waals surface area contributed by atoms with E-state index >= 15 is 0 Å². The van der Waals surface area contributed by atoms with Gasteiger partial charge in [0.15, 0.2) is 0 Å². The topological polar surface area (TPSA) is 20.3 Å². The number of carbonyl (C=O) groups excluding carboxylic acids is 1. The monoisotopic (exact) mass is 141 g/mol. The second-order valence-electron chi connectivity index (χ2n) is 3.07. The molecule has 0 heterocycles. The van der Waals surface area contributed by atoms with Crippen LogP contribution in [0.2, 0.25) is 0 Å². The highest BCUT2D eigenvalue weighted by molar-refractivity contribution is 5.84. The van der Waals surface area contributed by atoms with Crippen molar-refractivity contribution < 1.29 is 4.79 Å². The van der Waals surface area contributed by atoms with E-state index in [1.165, 1.54) is 0 Å².